The van der Waals surface area contributed by atoms with Crippen molar-refractivity contribution in [1.29, 1.82) is 0 Å². The molecule has 1 aromatic heterocycles. The number of rotatable bonds is 5. The molecule has 3 rings (SSSR count). The summed E-state index contributed by atoms with van der Waals surface area (Å²) in [4.78, 5) is 25.8. The number of hydrogen-bond acceptors (Lipinski definition) is 4. The van der Waals surface area contributed by atoms with Crippen molar-refractivity contribution in [1.82, 2.24) is 10.2 Å². The molecule has 0 saturated carbocycles. The number of halogens is 1. The molecule has 0 atom stereocenters. The first kappa shape index (κ1) is 17.0. The van der Waals surface area contributed by atoms with Crippen LogP contribution in [-0.2, 0) is 4.79 Å². The Morgan fingerprint density at radius 3 is 2.72 bits per heavy atom. The zero-order valence-electron chi connectivity index (χ0n) is 13.6. The highest BCUT2D eigenvalue weighted by Gasteiger charge is 2.24. The monoisotopic (exact) mass is 346 g/mol. The number of piperidine rings is 1. The topological polar surface area (TPSA) is 71.8 Å². The van der Waals surface area contributed by atoms with Crippen LogP contribution in [0, 0.1) is 5.82 Å². The number of likely N-dealkylation sites (tertiary alicyclic amines) is 1. The molecule has 1 aliphatic heterocycles. The summed E-state index contributed by atoms with van der Waals surface area (Å²) in [7, 11) is 0. The van der Waals surface area contributed by atoms with Gasteiger partial charge in [-0.1, -0.05) is 6.07 Å². The predicted octanol–water partition coefficient (Wildman–Crippen LogP) is 2.22. The Morgan fingerprint density at radius 2 is 2.04 bits per heavy atom. The lowest BCUT2D eigenvalue weighted by atomic mass is 10.0. The van der Waals surface area contributed by atoms with Crippen LogP contribution in [0.3, 0.4) is 0 Å². The van der Waals surface area contributed by atoms with Gasteiger partial charge in [-0.25, -0.2) is 4.39 Å². The SMILES string of the molecule is O=C(NC1CCN(C(=O)COc2cccc(F)c2)CC1)c1ccco1. The molecule has 0 aliphatic carbocycles. The van der Waals surface area contributed by atoms with Crippen LogP contribution in [0.1, 0.15) is 23.4 Å². The van der Waals surface area contributed by atoms with E-state index in [1.54, 1.807) is 23.1 Å². The van der Waals surface area contributed by atoms with Gasteiger partial charge in [-0.2, -0.15) is 0 Å². The van der Waals surface area contributed by atoms with Crippen LogP contribution < -0.4 is 10.1 Å². The van der Waals surface area contributed by atoms with Crippen molar-refractivity contribution in [2.75, 3.05) is 19.7 Å². The van der Waals surface area contributed by atoms with E-state index in [9.17, 15) is 14.0 Å². The molecule has 0 radical (unpaired) electrons. The first-order valence-electron chi connectivity index (χ1n) is 8.12. The molecule has 6 nitrogen and oxygen atoms in total. The standard InChI is InChI=1S/C18H19FN2O4/c19-13-3-1-4-15(11-13)25-12-17(22)21-8-6-14(7-9-21)20-18(23)16-5-2-10-24-16/h1-5,10-11,14H,6-9,12H2,(H,20,23). The Labute approximate surface area is 144 Å². The van der Waals surface area contributed by atoms with Crippen molar-refractivity contribution in [2.45, 2.75) is 18.9 Å². The molecule has 1 aromatic carbocycles. The van der Waals surface area contributed by atoms with E-state index in [-0.39, 0.29) is 30.2 Å². The van der Waals surface area contributed by atoms with E-state index < -0.39 is 5.82 Å². The maximum atomic E-state index is 13.1. The van der Waals surface area contributed by atoms with Gasteiger partial charge in [-0.05, 0) is 37.1 Å². The maximum Gasteiger partial charge on any atom is 0.287 e. The molecule has 25 heavy (non-hydrogen) atoms. The molecular weight excluding hydrogens is 327 g/mol. The Bertz CT molecular complexity index is 724. The van der Waals surface area contributed by atoms with E-state index >= 15 is 0 Å². The minimum Gasteiger partial charge on any atom is -0.484 e. The number of furan rings is 1. The van der Waals surface area contributed by atoms with Gasteiger partial charge < -0.3 is 19.4 Å². The van der Waals surface area contributed by atoms with E-state index in [0.29, 0.717) is 31.7 Å². The molecule has 1 N–H and O–H groups in total. The fourth-order valence-electron chi connectivity index (χ4n) is 2.73. The van der Waals surface area contributed by atoms with Crippen LogP contribution in [0.4, 0.5) is 4.39 Å². The molecule has 0 unspecified atom stereocenters. The summed E-state index contributed by atoms with van der Waals surface area (Å²) < 4.78 is 23.5. The van der Waals surface area contributed by atoms with Crippen LogP contribution in [-0.4, -0.2) is 42.5 Å². The molecule has 2 aromatic rings. The van der Waals surface area contributed by atoms with Crippen LogP contribution >= 0.6 is 0 Å². The molecule has 0 spiro atoms. The number of carbonyl (C=O) groups excluding carboxylic acids is 2. The first-order chi connectivity index (χ1) is 12.1. The molecular formula is C18H19FN2O4. The summed E-state index contributed by atoms with van der Waals surface area (Å²) in [5, 5.41) is 2.90. The van der Waals surface area contributed by atoms with Gasteiger partial charge in [0, 0.05) is 25.2 Å². The van der Waals surface area contributed by atoms with Gasteiger partial charge in [0.1, 0.15) is 11.6 Å². The third-order valence-corrected chi connectivity index (χ3v) is 4.09. The molecule has 2 amide bonds. The van der Waals surface area contributed by atoms with E-state index in [2.05, 4.69) is 5.32 Å². The maximum absolute atomic E-state index is 13.1. The van der Waals surface area contributed by atoms with Crippen molar-refractivity contribution in [2.24, 2.45) is 0 Å². The molecule has 132 valence electrons. The van der Waals surface area contributed by atoms with Crippen molar-refractivity contribution in [3.63, 3.8) is 0 Å². The Kier molecular flexibility index (Phi) is 5.33. The van der Waals surface area contributed by atoms with E-state index in [1.807, 2.05) is 0 Å². The lowest BCUT2D eigenvalue weighted by Gasteiger charge is -2.32. The zero-order chi connectivity index (χ0) is 17.6. The number of amides is 2. The van der Waals surface area contributed by atoms with E-state index in [1.165, 1.54) is 24.5 Å². The Hall–Kier alpha value is -2.83. The van der Waals surface area contributed by atoms with Crippen molar-refractivity contribution in [3.05, 3.63) is 54.2 Å². The summed E-state index contributed by atoms with van der Waals surface area (Å²) in [5.41, 5.74) is 0. The molecule has 1 saturated heterocycles. The average molecular weight is 346 g/mol. The van der Waals surface area contributed by atoms with Crippen molar-refractivity contribution >= 4 is 11.8 Å². The lowest BCUT2D eigenvalue weighted by Crippen LogP contribution is -2.47. The normalized spacial score (nSPS) is 15.0. The smallest absolute Gasteiger partial charge is 0.287 e. The van der Waals surface area contributed by atoms with Gasteiger partial charge in [0.2, 0.25) is 0 Å². The highest BCUT2D eigenvalue weighted by atomic mass is 19.1. The second kappa shape index (κ2) is 7.83. The first-order valence-corrected chi connectivity index (χ1v) is 8.12. The fourth-order valence-corrected chi connectivity index (χ4v) is 2.73. The predicted molar refractivity (Wildman–Crippen MR) is 87.7 cm³/mol. The van der Waals surface area contributed by atoms with Gasteiger partial charge >= 0.3 is 0 Å². The van der Waals surface area contributed by atoms with Crippen LogP contribution in [0.25, 0.3) is 0 Å². The highest BCUT2D eigenvalue weighted by molar-refractivity contribution is 5.91. The largest absolute Gasteiger partial charge is 0.484 e. The minimum absolute atomic E-state index is 0.00536. The van der Waals surface area contributed by atoms with Crippen molar-refractivity contribution in [3.8, 4) is 5.75 Å². The minimum atomic E-state index is -0.405. The van der Waals surface area contributed by atoms with E-state index in [0.717, 1.165) is 0 Å². The Balaban J connectivity index is 1.42. The lowest BCUT2D eigenvalue weighted by molar-refractivity contribution is -0.134. The number of benzene rings is 1. The number of nitrogens with one attached hydrogen (secondary N) is 1. The van der Waals surface area contributed by atoms with Crippen molar-refractivity contribution < 1.29 is 23.1 Å². The summed E-state index contributed by atoms with van der Waals surface area (Å²) in [6.07, 6.45) is 2.78. The molecule has 1 fully saturated rings. The van der Waals surface area contributed by atoms with E-state index in [4.69, 9.17) is 9.15 Å². The average Bonchev–Trinajstić information content (AvgIpc) is 3.15. The zero-order valence-corrected chi connectivity index (χ0v) is 13.6. The summed E-state index contributed by atoms with van der Waals surface area (Å²) in [5.74, 6) is -0.196. The second-order valence-electron chi connectivity index (χ2n) is 5.85. The van der Waals surface area contributed by atoms with Crippen LogP contribution in [0.2, 0.25) is 0 Å². The van der Waals surface area contributed by atoms with Gasteiger partial charge in [0.05, 0.1) is 6.26 Å². The van der Waals surface area contributed by atoms with Gasteiger partial charge in [-0.15, -0.1) is 0 Å². The highest BCUT2D eigenvalue weighted by Crippen LogP contribution is 2.14. The molecule has 2 heterocycles. The third-order valence-electron chi connectivity index (χ3n) is 4.09. The van der Waals surface area contributed by atoms with Crippen LogP contribution in [0.15, 0.2) is 47.1 Å². The summed E-state index contributed by atoms with van der Waals surface area (Å²) >= 11 is 0. The summed E-state index contributed by atoms with van der Waals surface area (Å²) in [6, 6.07) is 8.97. The molecule has 1 aliphatic rings. The molecule has 0 bridgehead atoms. The van der Waals surface area contributed by atoms with Gasteiger partial charge in [0.15, 0.2) is 12.4 Å². The number of ether oxygens (including phenoxy) is 1. The van der Waals surface area contributed by atoms with Gasteiger partial charge in [0.25, 0.3) is 11.8 Å². The number of carbonyl (C=O) groups is 2. The number of nitrogens with zero attached hydrogens (tertiary/aromatic N) is 1. The van der Waals surface area contributed by atoms with Gasteiger partial charge in [-0.3, -0.25) is 9.59 Å². The summed E-state index contributed by atoms with van der Waals surface area (Å²) in [6.45, 7) is 0.940. The second-order valence-corrected chi connectivity index (χ2v) is 5.85. The van der Waals surface area contributed by atoms with Crippen LogP contribution in [0.5, 0.6) is 5.75 Å². The number of hydrogen-bond donors (Lipinski definition) is 1. The molecule has 7 heteroatoms. The quantitative estimate of drug-likeness (QED) is 0.901. The third kappa shape index (κ3) is 4.59. The fraction of sp³-hybridized carbons (Fsp3) is 0.333. The Morgan fingerprint density at radius 1 is 1.24 bits per heavy atom.